The second-order valence-corrected chi connectivity index (χ2v) is 4.06. The molecule has 1 amide bonds. The maximum Gasteiger partial charge on any atom is 0.307 e. The van der Waals surface area contributed by atoms with E-state index in [0.717, 1.165) is 5.56 Å². The maximum absolute atomic E-state index is 11.6. The highest BCUT2D eigenvalue weighted by atomic mass is 16.5. The van der Waals surface area contributed by atoms with Crippen molar-refractivity contribution in [1.82, 2.24) is 5.32 Å². The van der Waals surface area contributed by atoms with Gasteiger partial charge in [-0.1, -0.05) is 0 Å². The topological polar surface area (TPSA) is 73.9 Å². The molecule has 0 aliphatic heterocycles. The molecule has 0 radical (unpaired) electrons. The van der Waals surface area contributed by atoms with Gasteiger partial charge in [-0.05, 0) is 18.2 Å². The highest BCUT2D eigenvalue weighted by Gasteiger charge is 2.04. The van der Waals surface area contributed by atoms with E-state index in [-0.39, 0.29) is 24.8 Å². The Morgan fingerprint density at radius 2 is 1.95 bits per heavy atom. The van der Waals surface area contributed by atoms with Crippen molar-refractivity contribution < 1.29 is 23.8 Å². The van der Waals surface area contributed by atoms with Crippen molar-refractivity contribution in [2.45, 2.75) is 6.42 Å². The summed E-state index contributed by atoms with van der Waals surface area (Å²) in [7, 11) is 4.42. The van der Waals surface area contributed by atoms with Crippen molar-refractivity contribution in [2.75, 3.05) is 27.9 Å². The Bertz CT molecular complexity index is 525. The summed E-state index contributed by atoms with van der Waals surface area (Å²) in [4.78, 5) is 22.5. The van der Waals surface area contributed by atoms with E-state index in [1.807, 2.05) is 0 Å². The van der Waals surface area contributed by atoms with Gasteiger partial charge in [-0.3, -0.25) is 9.59 Å². The fourth-order valence-electron chi connectivity index (χ4n) is 1.57. The number of esters is 1. The molecule has 0 unspecified atom stereocenters. The average Bonchev–Trinajstić information content (AvgIpc) is 2.52. The van der Waals surface area contributed by atoms with Gasteiger partial charge in [0.15, 0.2) is 0 Å². The lowest BCUT2D eigenvalue weighted by Gasteiger charge is -2.07. The molecule has 1 aromatic carbocycles. The van der Waals surface area contributed by atoms with Gasteiger partial charge in [0.2, 0.25) is 5.91 Å². The molecule has 0 aliphatic carbocycles. The zero-order valence-electron chi connectivity index (χ0n) is 12.3. The van der Waals surface area contributed by atoms with Gasteiger partial charge in [0.1, 0.15) is 11.5 Å². The van der Waals surface area contributed by atoms with Gasteiger partial charge in [-0.2, -0.15) is 0 Å². The molecule has 0 aliphatic rings. The third-order valence-corrected chi connectivity index (χ3v) is 2.71. The molecule has 1 aromatic rings. The molecule has 21 heavy (non-hydrogen) atoms. The Hall–Kier alpha value is -2.50. The summed E-state index contributed by atoms with van der Waals surface area (Å²) in [5.41, 5.74) is 0.751. The van der Waals surface area contributed by atoms with Crippen LogP contribution in [-0.4, -0.2) is 39.8 Å². The molecule has 114 valence electrons. The average molecular weight is 293 g/mol. The van der Waals surface area contributed by atoms with Gasteiger partial charge in [-0.15, -0.1) is 0 Å². The van der Waals surface area contributed by atoms with Gasteiger partial charge < -0.3 is 19.5 Å². The maximum atomic E-state index is 11.6. The van der Waals surface area contributed by atoms with Crippen molar-refractivity contribution in [3.63, 3.8) is 0 Å². The Balaban J connectivity index is 2.59. The first-order valence-electron chi connectivity index (χ1n) is 6.35. The number of carbonyl (C=O) groups excluding carboxylic acids is 2. The van der Waals surface area contributed by atoms with Crippen LogP contribution in [0.2, 0.25) is 0 Å². The summed E-state index contributed by atoms with van der Waals surface area (Å²) in [6, 6.07) is 5.29. The van der Waals surface area contributed by atoms with Gasteiger partial charge in [0, 0.05) is 24.3 Å². The summed E-state index contributed by atoms with van der Waals surface area (Å²) >= 11 is 0. The Labute approximate surface area is 123 Å². The largest absolute Gasteiger partial charge is 0.497 e. The van der Waals surface area contributed by atoms with Crippen LogP contribution in [0.3, 0.4) is 0 Å². The molecule has 0 fully saturated rings. The number of carbonyl (C=O) groups is 2. The third kappa shape index (κ3) is 5.56. The molecule has 1 N–H and O–H groups in total. The van der Waals surface area contributed by atoms with Crippen LogP contribution in [0, 0.1) is 0 Å². The summed E-state index contributed by atoms with van der Waals surface area (Å²) in [5.74, 6) is 0.618. The molecule has 1 rings (SSSR count). The lowest BCUT2D eigenvalue weighted by atomic mass is 10.1. The van der Waals surface area contributed by atoms with Gasteiger partial charge in [0.05, 0.1) is 27.8 Å². The number of ether oxygens (including phenoxy) is 3. The van der Waals surface area contributed by atoms with Crippen LogP contribution in [0.5, 0.6) is 11.5 Å². The van der Waals surface area contributed by atoms with E-state index >= 15 is 0 Å². The first-order chi connectivity index (χ1) is 10.1. The SMILES string of the molecule is COC(=O)CCNC(=O)/C=C/c1ccc(OC)cc1OC. The number of benzene rings is 1. The predicted molar refractivity (Wildman–Crippen MR) is 78.2 cm³/mol. The van der Waals surface area contributed by atoms with Crippen LogP contribution >= 0.6 is 0 Å². The lowest BCUT2D eigenvalue weighted by molar-refractivity contribution is -0.140. The zero-order chi connectivity index (χ0) is 15.7. The number of methoxy groups -OCH3 is 3. The second kappa shape index (κ2) is 8.63. The van der Waals surface area contributed by atoms with Crippen LogP contribution in [-0.2, 0) is 14.3 Å². The van der Waals surface area contributed by atoms with E-state index in [1.165, 1.54) is 13.2 Å². The highest BCUT2D eigenvalue weighted by molar-refractivity contribution is 5.92. The monoisotopic (exact) mass is 293 g/mol. The lowest BCUT2D eigenvalue weighted by Crippen LogP contribution is -2.24. The van der Waals surface area contributed by atoms with E-state index in [0.29, 0.717) is 11.5 Å². The molecule has 0 aromatic heterocycles. The van der Waals surface area contributed by atoms with Crippen LogP contribution in [0.1, 0.15) is 12.0 Å². The third-order valence-electron chi connectivity index (χ3n) is 2.71. The minimum Gasteiger partial charge on any atom is -0.497 e. The van der Waals surface area contributed by atoms with Gasteiger partial charge in [0.25, 0.3) is 0 Å². The second-order valence-electron chi connectivity index (χ2n) is 4.06. The first kappa shape index (κ1) is 16.6. The zero-order valence-corrected chi connectivity index (χ0v) is 12.3. The Morgan fingerprint density at radius 3 is 2.57 bits per heavy atom. The first-order valence-corrected chi connectivity index (χ1v) is 6.35. The number of rotatable bonds is 7. The van der Waals surface area contributed by atoms with E-state index in [2.05, 4.69) is 10.1 Å². The van der Waals surface area contributed by atoms with Crippen molar-refractivity contribution in [3.05, 3.63) is 29.8 Å². The molecule has 0 heterocycles. The Morgan fingerprint density at radius 1 is 1.19 bits per heavy atom. The predicted octanol–water partition coefficient (Wildman–Crippen LogP) is 1.40. The van der Waals surface area contributed by atoms with Crippen LogP contribution in [0.15, 0.2) is 24.3 Å². The number of nitrogens with one attached hydrogen (secondary N) is 1. The molecule has 0 atom stereocenters. The van der Waals surface area contributed by atoms with Crippen molar-refractivity contribution in [1.29, 1.82) is 0 Å². The number of hydrogen-bond acceptors (Lipinski definition) is 5. The Kier molecular flexibility index (Phi) is 6.80. The molecule has 6 nitrogen and oxygen atoms in total. The van der Waals surface area contributed by atoms with Crippen molar-refractivity contribution >= 4 is 18.0 Å². The number of hydrogen-bond donors (Lipinski definition) is 1. The summed E-state index contributed by atoms with van der Waals surface area (Å²) in [5, 5.41) is 2.59. The van der Waals surface area contributed by atoms with Crippen molar-refractivity contribution in [3.8, 4) is 11.5 Å². The molecule has 0 bridgehead atoms. The standard InChI is InChI=1S/C15H19NO5/c1-19-12-6-4-11(13(10-12)20-2)5-7-14(17)16-9-8-15(18)21-3/h4-7,10H,8-9H2,1-3H3,(H,16,17)/b7-5+. The van der Waals surface area contributed by atoms with Crippen LogP contribution in [0.4, 0.5) is 0 Å². The fourth-order valence-corrected chi connectivity index (χ4v) is 1.57. The number of amides is 1. The smallest absolute Gasteiger partial charge is 0.307 e. The fraction of sp³-hybridized carbons (Fsp3) is 0.333. The van der Waals surface area contributed by atoms with Gasteiger partial charge >= 0.3 is 5.97 Å². The quantitative estimate of drug-likeness (QED) is 0.607. The molecule has 0 spiro atoms. The molecule has 6 heteroatoms. The molecular weight excluding hydrogens is 274 g/mol. The minimum absolute atomic E-state index is 0.141. The molecule has 0 saturated heterocycles. The van der Waals surface area contributed by atoms with E-state index in [9.17, 15) is 9.59 Å². The summed E-state index contributed by atoms with van der Waals surface area (Å²) < 4.78 is 14.8. The van der Waals surface area contributed by atoms with Crippen LogP contribution < -0.4 is 14.8 Å². The van der Waals surface area contributed by atoms with Crippen molar-refractivity contribution in [2.24, 2.45) is 0 Å². The molecular formula is C15H19NO5. The summed E-state index contributed by atoms with van der Waals surface area (Å²) in [6.07, 6.45) is 3.15. The van der Waals surface area contributed by atoms with Gasteiger partial charge in [-0.25, -0.2) is 0 Å². The highest BCUT2D eigenvalue weighted by Crippen LogP contribution is 2.25. The van der Waals surface area contributed by atoms with E-state index in [4.69, 9.17) is 9.47 Å². The minimum atomic E-state index is -0.365. The van der Waals surface area contributed by atoms with E-state index < -0.39 is 0 Å². The van der Waals surface area contributed by atoms with Crippen LogP contribution in [0.25, 0.3) is 6.08 Å². The normalized spacial score (nSPS) is 10.2. The molecule has 0 saturated carbocycles. The van der Waals surface area contributed by atoms with E-state index in [1.54, 1.807) is 38.5 Å². The summed E-state index contributed by atoms with van der Waals surface area (Å²) in [6.45, 7) is 0.232.